The lowest BCUT2D eigenvalue weighted by Gasteiger charge is -2.10. The lowest BCUT2D eigenvalue weighted by atomic mass is 10.0. The van der Waals surface area contributed by atoms with Crippen molar-refractivity contribution in [3.05, 3.63) is 194 Å². The van der Waals surface area contributed by atoms with Gasteiger partial charge in [-0.05, 0) is 64.7 Å². The number of thiophene rings is 1. The molecule has 0 aliphatic carbocycles. The smallest absolute Gasteiger partial charge is 0.164 e. The van der Waals surface area contributed by atoms with E-state index >= 15 is 0 Å². The number of fused-ring (bicyclic) bond motifs is 6. The fourth-order valence-corrected chi connectivity index (χ4v) is 9.20. The lowest BCUT2D eigenvalue weighted by molar-refractivity contribution is 1.07. The van der Waals surface area contributed by atoms with Gasteiger partial charge in [-0.3, -0.25) is 0 Å². The molecule has 4 nitrogen and oxygen atoms in total. The molecule has 3 heterocycles. The largest absolute Gasteiger partial charge is 0.309 e. The number of para-hydroxylation sites is 1. The van der Waals surface area contributed by atoms with Crippen LogP contribution in [0.4, 0.5) is 0 Å². The molecule has 0 amide bonds. The van der Waals surface area contributed by atoms with Crippen molar-refractivity contribution >= 4 is 53.3 Å². The molecule has 11 aromatic rings. The Labute approximate surface area is 327 Å². The summed E-state index contributed by atoms with van der Waals surface area (Å²) in [6, 6.07) is 68.7. The van der Waals surface area contributed by atoms with Gasteiger partial charge < -0.3 is 4.57 Å². The van der Waals surface area contributed by atoms with E-state index in [-0.39, 0.29) is 0 Å². The second kappa shape index (κ2) is 13.3. The van der Waals surface area contributed by atoms with Gasteiger partial charge in [-0.1, -0.05) is 152 Å². The number of aromatic nitrogens is 4. The predicted molar refractivity (Wildman–Crippen MR) is 234 cm³/mol. The van der Waals surface area contributed by atoms with Crippen LogP contribution in [0.5, 0.6) is 0 Å². The standard InChI is InChI=1S/C51H32N4S/c1-4-14-33(15-5-1)36-26-28-46-43(31-36)41-22-10-11-25-45(41)55(46)39-27-29-47-44(32-39)42-24-13-23-40(48(42)56-47)37-20-12-21-38(30-37)51-53-49(34-16-6-2-7-17-34)52-50(54-51)35-18-8-3-9-19-35/h1-32H. The van der Waals surface area contributed by atoms with Gasteiger partial charge in [-0.15, -0.1) is 11.3 Å². The zero-order valence-corrected chi connectivity index (χ0v) is 31.0. The van der Waals surface area contributed by atoms with E-state index in [4.69, 9.17) is 15.0 Å². The second-order valence-electron chi connectivity index (χ2n) is 14.0. The maximum Gasteiger partial charge on any atom is 0.164 e. The van der Waals surface area contributed by atoms with E-state index in [0.717, 1.165) is 27.9 Å². The van der Waals surface area contributed by atoms with Crippen LogP contribution >= 0.6 is 11.3 Å². The first-order valence-electron chi connectivity index (χ1n) is 18.8. The molecule has 0 radical (unpaired) electrons. The molecular weight excluding hydrogens is 701 g/mol. The molecule has 0 fully saturated rings. The van der Waals surface area contributed by atoms with Gasteiger partial charge in [0.15, 0.2) is 17.5 Å². The highest BCUT2D eigenvalue weighted by Gasteiger charge is 2.17. The van der Waals surface area contributed by atoms with Crippen molar-refractivity contribution in [1.29, 1.82) is 0 Å². The average molecular weight is 733 g/mol. The van der Waals surface area contributed by atoms with Gasteiger partial charge in [0.25, 0.3) is 0 Å². The maximum atomic E-state index is 5.01. The fraction of sp³-hybridized carbons (Fsp3) is 0. The molecule has 0 spiro atoms. The van der Waals surface area contributed by atoms with Gasteiger partial charge in [0.2, 0.25) is 0 Å². The molecule has 0 aliphatic heterocycles. The van der Waals surface area contributed by atoms with E-state index in [2.05, 4.69) is 138 Å². The summed E-state index contributed by atoms with van der Waals surface area (Å²) in [4.78, 5) is 14.9. The van der Waals surface area contributed by atoms with Crippen LogP contribution in [0.1, 0.15) is 0 Å². The molecule has 0 saturated heterocycles. The normalized spacial score (nSPS) is 11.6. The van der Waals surface area contributed by atoms with E-state index in [1.165, 1.54) is 58.7 Å². The molecule has 0 saturated carbocycles. The zero-order valence-electron chi connectivity index (χ0n) is 30.2. The number of hydrogen-bond acceptors (Lipinski definition) is 4. The van der Waals surface area contributed by atoms with Crippen molar-refractivity contribution in [1.82, 2.24) is 19.5 Å². The molecule has 0 N–H and O–H groups in total. The van der Waals surface area contributed by atoms with E-state index in [1.54, 1.807) is 0 Å². The SMILES string of the molecule is c1ccc(-c2ccc3c(c2)c2ccccc2n3-c2ccc3sc4c(-c5cccc(-c6nc(-c7ccccc7)nc(-c7ccccc7)n6)c5)cccc4c3c2)cc1. The van der Waals surface area contributed by atoms with Crippen molar-refractivity contribution in [3.63, 3.8) is 0 Å². The summed E-state index contributed by atoms with van der Waals surface area (Å²) in [5.74, 6) is 1.96. The van der Waals surface area contributed by atoms with Crippen LogP contribution in [0.3, 0.4) is 0 Å². The highest BCUT2D eigenvalue weighted by Crippen LogP contribution is 2.42. The summed E-state index contributed by atoms with van der Waals surface area (Å²) in [5, 5.41) is 5.01. The predicted octanol–water partition coefficient (Wildman–Crippen LogP) is 13.7. The quantitative estimate of drug-likeness (QED) is 0.171. The van der Waals surface area contributed by atoms with Gasteiger partial charge >= 0.3 is 0 Å². The second-order valence-corrected chi connectivity index (χ2v) is 15.1. The number of benzene rings is 8. The van der Waals surface area contributed by atoms with Gasteiger partial charge in [0.1, 0.15) is 0 Å². The first kappa shape index (κ1) is 32.2. The Morgan fingerprint density at radius 2 is 0.911 bits per heavy atom. The van der Waals surface area contributed by atoms with E-state index in [0.29, 0.717) is 17.5 Å². The molecule has 0 bridgehead atoms. The Kier molecular flexibility index (Phi) is 7.64. The Morgan fingerprint density at radius 1 is 0.339 bits per heavy atom. The Bertz CT molecular complexity index is 3180. The summed E-state index contributed by atoms with van der Waals surface area (Å²) in [6.07, 6.45) is 0. The van der Waals surface area contributed by atoms with Crippen molar-refractivity contribution in [3.8, 4) is 62.1 Å². The third-order valence-corrected chi connectivity index (χ3v) is 11.9. The minimum atomic E-state index is 0.648. The third-order valence-electron chi connectivity index (χ3n) is 10.6. The summed E-state index contributed by atoms with van der Waals surface area (Å²) in [7, 11) is 0. The molecule has 8 aromatic carbocycles. The van der Waals surface area contributed by atoms with Crippen LogP contribution < -0.4 is 0 Å². The van der Waals surface area contributed by atoms with E-state index < -0.39 is 0 Å². The van der Waals surface area contributed by atoms with Crippen molar-refractivity contribution < 1.29 is 0 Å². The molecule has 5 heteroatoms. The average Bonchev–Trinajstić information content (AvgIpc) is 3.82. The molecule has 56 heavy (non-hydrogen) atoms. The third kappa shape index (κ3) is 5.48. The Morgan fingerprint density at radius 3 is 1.64 bits per heavy atom. The molecule has 0 aliphatic rings. The maximum absolute atomic E-state index is 5.01. The molecule has 0 atom stereocenters. The fourth-order valence-electron chi connectivity index (χ4n) is 7.98. The van der Waals surface area contributed by atoms with Crippen LogP contribution in [-0.4, -0.2) is 19.5 Å². The molecule has 11 rings (SSSR count). The van der Waals surface area contributed by atoms with Gasteiger partial charge in [0, 0.05) is 53.3 Å². The Balaban J connectivity index is 1.03. The molecule has 3 aromatic heterocycles. The van der Waals surface area contributed by atoms with Crippen LogP contribution in [0.15, 0.2) is 194 Å². The summed E-state index contributed by atoms with van der Waals surface area (Å²) >= 11 is 1.85. The lowest BCUT2D eigenvalue weighted by Crippen LogP contribution is -2.00. The molecule has 0 unspecified atom stereocenters. The molecule has 262 valence electrons. The topological polar surface area (TPSA) is 43.6 Å². The number of nitrogens with zero attached hydrogens (tertiary/aromatic N) is 4. The van der Waals surface area contributed by atoms with Crippen molar-refractivity contribution in [2.24, 2.45) is 0 Å². The van der Waals surface area contributed by atoms with Crippen LogP contribution in [0, 0.1) is 0 Å². The van der Waals surface area contributed by atoms with Crippen LogP contribution in [0.25, 0.3) is 104 Å². The van der Waals surface area contributed by atoms with Gasteiger partial charge in [0.05, 0.1) is 11.0 Å². The first-order valence-corrected chi connectivity index (χ1v) is 19.6. The van der Waals surface area contributed by atoms with E-state index in [1.807, 2.05) is 72.0 Å². The summed E-state index contributed by atoms with van der Waals surface area (Å²) in [5.41, 5.74) is 11.2. The van der Waals surface area contributed by atoms with E-state index in [9.17, 15) is 0 Å². The Hall–Kier alpha value is -7.21. The first-order chi connectivity index (χ1) is 27.7. The number of hydrogen-bond donors (Lipinski definition) is 0. The van der Waals surface area contributed by atoms with Crippen LogP contribution in [0.2, 0.25) is 0 Å². The van der Waals surface area contributed by atoms with Gasteiger partial charge in [-0.2, -0.15) is 0 Å². The minimum Gasteiger partial charge on any atom is -0.309 e. The number of rotatable bonds is 6. The molecular formula is C51H32N4S. The summed E-state index contributed by atoms with van der Waals surface area (Å²) in [6.45, 7) is 0. The minimum absolute atomic E-state index is 0.648. The van der Waals surface area contributed by atoms with Crippen LogP contribution in [-0.2, 0) is 0 Å². The van der Waals surface area contributed by atoms with Crippen molar-refractivity contribution in [2.75, 3.05) is 0 Å². The highest BCUT2D eigenvalue weighted by molar-refractivity contribution is 7.26. The monoisotopic (exact) mass is 732 g/mol. The van der Waals surface area contributed by atoms with Crippen molar-refractivity contribution in [2.45, 2.75) is 0 Å². The van der Waals surface area contributed by atoms with Gasteiger partial charge in [-0.25, -0.2) is 15.0 Å². The zero-order chi connectivity index (χ0) is 37.0. The summed E-state index contributed by atoms with van der Waals surface area (Å²) < 4.78 is 4.94. The highest BCUT2D eigenvalue weighted by atomic mass is 32.1.